The number of hydrogen-bond acceptors (Lipinski definition) is 9. The third kappa shape index (κ3) is 3.47. The predicted molar refractivity (Wildman–Crippen MR) is 103 cm³/mol. The van der Waals surface area contributed by atoms with Crippen LogP contribution in [0.25, 0.3) is 10.2 Å². The van der Waals surface area contributed by atoms with Gasteiger partial charge in [-0.15, -0.1) is 11.3 Å². The number of rotatable bonds is 5. The number of thiophene rings is 1. The number of anilines is 3. The summed E-state index contributed by atoms with van der Waals surface area (Å²) >= 11 is 3.00. The second kappa shape index (κ2) is 7.01. The number of nitroso groups, excluding NO2 is 1. The van der Waals surface area contributed by atoms with E-state index in [9.17, 15) is 4.91 Å². The van der Waals surface area contributed by atoms with E-state index < -0.39 is 0 Å². The molecule has 2 N–H and O–H groups in total. The summed E-state index contributed by atoms with van der Waals surface area (Å²) in [6.45, 7) is 2.09. The summed E-state index contributed by atoms with van der Waals surface area (Å²) in [5.41, 5.74) is 0.922. The average Bonchev–Trinajstić information content (AvgIpc) is 3.27. The highest BCUT2D eigenvalue weighted by molar-refractivity contribution is 7.17. The number of aromatic nitrogens is 3. The van der Waals surface area contributed by atoms with E-state index in [1.165, 1.54) is 11.5 Å². The van der Waals surface area contributed by atoms with Crippen LogP contribution in [0.2, 0.25) is 0 Å². The highest BCUT2D eigenvalue weighted by atomic mass is 32.1. The molecule has 3 aromatic heterocycles. The van der Waals surface area contributed by atoms with Gasteiger partial charge >= 0.3 is 0 Å². The summed E-state index contributed by atoms with van der Waals surface area (Å²) < 4.78 is 5.14. The van der Waals surface area contributed by atoms with E-state index in [4.69, 9.17) is 0 Å². The van der Waals surface area contributed by atoms with E-state index in [0.717, 1.165) is 40.3 Å². The predicted octanol–water partition coefficient (Wildman–Crippen LogP) is 4.63. The molecule has 0 aromatic carbocycles. The minimum atomic E-state index is -0.0613. The molecule has 25 heavy (non-hydrogen) atoms. The molecule has 0 amide bonds. The van der Waals surface area contributed by atoms with Crippen LogP contribution in [0.4, 0.5) is 16.8 Å². The highest BCUT2D eigenvalue weighted by Gasteiger charge is 2.29. The largest absolute Gasteiger partial charge is 0.366 e. The van der Waals surface area contributed by atoms with Crippen molar-refractivity contribution in [2.75, 3.05) is 10.6 Å². The van der Waals surface area contributed by atoms with Gasteiger partial charge in [-0.25, -0.2) is 4.98 Å². The summed E-state index contributed by atoms with van der Waals surface area (Å²) in [6, 6.07) is 4.13. The molecule has 4 rings (SSSR count). The average molecular weight is 374 g/mol. The molecule has 130 valence electrons. The lowest BCUT2D eigenvalue weighted by molar-refractivity contribution is 0.310. The third-order valence-corrected chi connectivity index (χ3v) is 6.15. The van der Waals surface area contributed by atoms with Gasteiger partial charge in [0.25, 0.3) is 0 Å². The van der Waals surface area contributed by atoms with Crippen LogP contribution in [0.1, 0.15) is 26.2 Å². The molecule has 0 spiro atoms. The van der Waals surface area contributed by atoms with Gasteiger partial charge in [-0.05, 0) is 54.2 Å². The summed E-state index contributed by atoms with van der Waals surface area (Å²) in [5.74, 6) is 1.70. The van der Waals surface area contributed by atoms with Gasteiger partial charge < -0.3 is 10.6 Å². The van der Waals surface area contributed by atoms with Crippen LogP contribution >= 0.6 is 22.9 Å². The molecular weight excluding hydrogens is 356 g/mol. The second-order valence-electron chi connectivity index (χ2n) is 6.34. The molecule has 0 saturated heterocycles. The van der Waals surface area contributed by atoms with Gasteiger partial charge in [-0.3, -0.25) is 0 Å². The molecule has 1 aliphatic rings. The molecule has 0 aliphatic heterocycles. The summed E-state index contributed by atoms with van der Waals surface area (Å²) in [6.07, 6.45) is 4.42. The molecule has 3 heterocycles. The van der Waals surface area contributed by atoms with Crippen LogP contribution in [-0.2, 0) is 0 Å². The van der Waals surface area contributed by atoms with Gasteiger partial charge in [0.2, 0.25) is 5.95 Å². The van der Waals surface area contributed by atoms with Gasteiger partial charge in [-0.1, -0.05) is 12.1 Å². The Bertz CT molecular complexity index is 865. The zero-order chi connectivity index (χ0) is 17.2. The van der Waals surface area contributed by atoms with Crippen LogP contribution in [0.3, 0.4) is 0 Å². The van der Waals surface area contributed by atoms with E-state index in [1.54, 1.807) is 17.5 Å². The van der Waals surface area contributed by atoms with E-state index in [1.807, 2.05) is 17.5 Å². The maximum absolute atomic E-state index is 10.9. The van der Waals surface area contributed by atoms with Gasteiger partial charge in [0.15, 0.2) is 0 Å². The van der Waals surface area contributed by atoms with Crippen molar-refractivity contribution in [1.82, 2.24) is 14.3 Å². The Labute approximate surface area is 153 Å². The quantitative estimate of drug-likeness (QED) is 0.633. The van der Waals surface area contributed by atoms with Crippen molar-refractivity contribution in [2.45, 2.75) is 38.3 Å². The lowest BCUT2D eigenvalue weighted by Gasteiger charge is -2.31. The minimum Gasteiger partial charge on any atom is -0.366 e. The van der Waals surface area contributed by atoms with Crippen LogP contribution in [0, 0.1) is 10.8 Å². The molecule has 0 bridgehead atoms. The summed E-state index contributed by atoms with van der Waals surface area (Å²) in [5, 5.41) is 13.0. The molecule has 3 unspecified atom stereocenters. The first-order valence-corrected chi connectivity index (χ1v) is 9.90. The number of nitrogens with zero attached hydrogens (tertiary/aromatic N) is 4. The second-order valence-corrected chi connectivity index (χ2v) is 8.09. The standard InChI is InChI=1S/C16H18N6OS2/c1-9-8-10(2-3-11(9)22-23)18-15-14-12(5-7-24-14)19-16(21-15)20-13-4-6-17-25-13/h4-7,9-11H,2-3,8H2,1H3,(H2,18,19,20,21). The van der Waals surface area contributed by atoms with Crippen LogP contribution in [0.5, 0.6) is 0 Å². The number of nitrogens with one attached hydrogen (secondary N) is 2. The minimum absolute atomic E-state index is 0.0613. The van der Waals surface area contributed by atoms with Gasteiger partial charge in [-0.2, -0.15) is 14.3 Å². The Balaban J connectivity index is 1.58. The molecule has 1 fully saturated rings. The smallest absolute Gasteiger partial charge is 0.230 e. The molecule has 3 atom stereocenters. The van der Waals surface area contributed by atoms with Gasteiger partial charge in [0.1, 0.15) is 10.8 Å². The normalized spacial score (nSPS) is 23.5. The van der Waals surface area contributed by atoms with Crippen molar-refractivity contribution >= 4 is 49.9 Å². The summed E-state index contributed by atoms with van der Waals surface area (Å²) in [7, 11) is 0. The SMILES string of the molecule is CC1CC(Nc2nc(Nc3ccns3)nc3ccsc23)CCC1N=O. The maximum atomic E-state index is 10.9. The first-order chi connectivity index (χ1) is 12.2. The number of hydrogen-bond donors (Lipinski definition) is 2. The van der Waals surface area contributed by atoms with Crippen LogP contribution in [0.15, 0.2) is 28.9 Å². The van der Waals surface area contributed by atoms with E-state index in [-0.39, 0.29) is 6.04 Å². The summed E-state index contributed by atoms with van der Waals surface area (Å²) in [4.78, 5) is 20.1. The first-order valence-electron chi connectivity index (χ1n) is 8.25. The zero-order valence-corrected chi connectivity index (χ0v) is 15.3. The van der Waals surface area contributed by atoms with E-state index in [2.05, 4.69) is 37.1 Å². The third-order valence-electron chi connectivity index (χ3n) is 4.58. The van der Waals surface area contributed by atoms with E-state index >= 15 is 0 Å². The zero-order valence-electron chi connectivity index (χ0n) is 13.7. The molecule has 9 heteroatoms. The fourth-order valence-electron chi connectivity index (χ4n) is 3.27. The van der Waals surface area contributed by atoms with Crippen molar-refractivity contribution < 1.29 is 0 Å². The molecule has 1 aliphatic carbocycles. The Morgan fingerprint density at radius 1 is 1.28 bits per heavy atom. The number of fused-ring (bicyclic) bond motifs is 1. The van der Waals surface area contributed by atoms with Crippen LogP contribution in [-0.4, -0.2) is 26.4 Å². The molecule has 3 aromatic rings. The molecule has 1 saturated carbocycles. The fourth-order valence-corrected chi connectivity index (χ4v) is 4.55. The molecule has 0 radical (unpaired) electrons. The highest BCUT2D eigenvalue weighted by Crippen LogP contribution is 2.33. The van der Waals surface area contributed by atoms with Crippen molar-refractivity contribution in [1.29, 1.82) is 0 Å². The topological polar surface area (TPSA) is 92.2 Å². The van der Waals surface area contributed by atoms with Gasteiger partial charge in [0.05, 0.1) is 16.3 Å². The Morgan fingerprint density at radius 2 is 2.20 bits per heavy atom. The van der Waals surface area contributed by atoms with Crippen molar-refractivity contribution in [3.63, 3.8) is 0 Å². The Morgan fingerprint density at radius 3 is 2.96 bits per heavy atom. The lowest BCUT2D eigenvalue weighted by atomic mass is 9.83. The van der Waals surface area contributed by atoms with Crippen molar-refractivity contribution in [3.8, 4) is 0 Å². The Kier molecular flexibility index (Phi) is 4.58. The first kappa shape index (κ1) is 16.3. The fraction of sp³-hybridized carbons (Fsp3) is 0.438. The molecule has 7 nitrogen and oxygen atoms in total. The van der Waals surface area contributed by atoms with Crippen molar-refractivity contribution in [3.05, 3.63) is 28.6 Å². The monoisotopic (exact) mass is 374 g/mol. The van der Waals surface area contributed by atoms with Crippen molar-refractivity contribution in [2.24, 2.45) is 11.1 Å². The maximum Gasteiger partial charge on any atom is 0.230 e. The van der Waals surface area contributed by atoms with E-state index in [0.29, 0.717) is 17.9 Å². The van der Waals surface area contributed by atoms with Crippen LogP contribution < -0.4 is 10.6 Å². The lowest BCUT2D eigenvalue weighted by Crippen LogP contribution is -2.33. The Hall–Kier alpha value is -2.13. The van der Waals surface area contributed by atoms with Gasteiger partial charge in [0, 0.05) is 12.2 Å². The molecular formula is C16H18N6OS2.